The summed E-state index contributed by atoms with van der Waals surface area (Å²) in [5.74, 6) is -10.0. The number of carbonyl (C=O) groups is 11. The van der Waals surface area contributed by atoms with Crippen LogP contribution in [0.4, 0.5) is 4.79 Å². The van der Waals surface area contributed by atoms with Gasteiger partial charge in [-0.25, -0.2) is 4.79 Å². The maximum Gasteiger partial charge on any atom is 0.315 e. The van der Waals surface area contributed by atoms with Crippen molar-refractivity contribution in [3.8, 4) is 0 Å². The molecule has 1 aliphatic carbocycles. The molecule has 1 aromatic carbocycles. The molecule has 0 aromatic heterocycles. The number of hydrogen-bond donors (Lipinski definition) is 19. The first-order valence-electron chi connectivity index (χ1n) is 28.4. The molecular weight excluding hydrogens is 1080 g/mol. The van der Waals surface area contributed by atoms with Crippen molar-refractivity contribution in [2.75, 3.05) is 39.3 Å². The first kappa shape index (κ1) is 70.2. The van der Waals surface area contributed by atoms with Gasteiger partial charge in [0, 0.05) is 19.0 Å². The largest absolute Gasteiger partial charge is 0.391 e. The summed E-state index contributed by atoms with van der Waals surface area (Å²) >= 11 is 0. The van der Waals surface area contributed by atoms with E-state index in [1.165, 1.54) is 6.92 Å². The Kier molecular flexibility index (Phi) is 30.3. The highest BCUT2D eigenvalue weighted by Gasteiger charge is 2.39. The van der Waals surface area contributed by atoms with Crippen molar-refractivity contribution >= 4 is 65.1 Å². The predicted octanol–water partition coefficient (Wildman–Crippen LogP) is -6.38. The molecule has 0 unspecified atom stereocenters. The van der Waals surface area contributed by atoms with Gasteiger partial charge in [-0.3, -0.25) is 47.9 Å². The van der Waals surface area contributed by atoms with Crippen LogP contribution >= 0.6 is 0 Å². The molecule has 3 rings (SSSR count). The second-order valence-electron chi connectivity index (χ2n) is 21.5. The van der Waals surface area contributed by atoms with Gasteiger partial charge in [0.2, 0.25) is 58.9 Å². The number of amides is 12. The summed E-state index contributed by atoms with van der Waals surface area (Å²) in [6, 6.07) is -5.50. The first-order chi connectivity index (χ1) is 39.4. The molecule has 1 saturated carbocycles. The smallest absolute Gasteiger partial charge is 0.315 e. The molecule has 12 amide bonds. The van der Waals surface area contributed by atoms with Crippen LogP contribution in [-0.2, 0) is 54.4 Å². The molecule has 1 aromatic rings. The zero-order valence-corrected chi connectivity index (χ0v) is 48.0. The molecule has 2 aliphatic rings. The van der Waals surface area contributed by atoms with Crippen molar-refractivity contribution < 1.29 is 63.0 Å². The second kappa shape index (κ2) is 35.8. The summed E-state index contributed by atoms with van der Waals surface area (Å²) in [6.07, 6.45) is 1.33. The molecule has 0 spiro atoms. The van der Waals surface area contributed by atoms with E-state index < -0.39 is 144 Å². The maximum absolute atomic E-state index is 14.5. The highest BCUT2D eigenvalue weighted by atomic mass is 16.3. The van der Waals surface area contributed by atoms with Gasteiger partial charge in [0.15, 0.2) is 0 Å². The zero-order chi connectivity index (χ0) is 61.8. The zero-order valence-electron chi connectivity index (χ0n) is 48.0. The molecule has 1 heterocycles. The van der Waals surface area contributed by atoms with Crippen LogP contribution in [0.25, 0.3) is 0 Å². The monoisotopic (exact) mass is 1170 g/mol. The number of aliphatic hydroxyl groups excluding tert-OH is 1. The van der Waals surface area contributed by atoms with Crippen LogP contribution in [0.5, 0.6) is 0 Å². The Balaban J connectivity index is 2.05. The summed E-state index contributed by atoms with van der Waals surface area (Å²) in [5.41, 5.74) is 27.1. The van der Waals surface area contributed by atoms with Gasteiger partial charge in [0.05, 0.1) is 6.10 Å². The van der Waals surface area contributed by atoms with Crippen molar-refractivity contribution in [1.82, 2.24) is 63.8 Å². The SMILES string of the molecule is CC(C)C[C@@H]1NC(=O)[C@@H](Cc2ccccc2)NC(=O)[C@H](CCN)NC(=O)[C@@H](NC(=O)[C@H](CCN)NC(=O)[C@@H](NC(=O)[C@H](CCN)NC(=O)NC2CCCCC2)[C@@H](C)O)CCNC(=O)[C@](C)(O)NC(=O)[C@H](CCN)NC(=O)[C@H](CCN)NC1=O. The molecule has 83 heavy (non-hydrogen) atoms. The van der Waals surface area contributed by atoms with Crippen molar-refractivity contribution in [2.45, 2.75) is 183 Å². The van der Waals surface area contributed by atoms with Gasteiger partial charge in [-0.1, -0.05) is 63.4 Å². The summed E-state index contributed by atoms with van der Waals surface area (Å²) < 4.78 is 0. The van der Waals surface area contributed by atoms with Crippen molar-refractivity contribution in [3.63, 3.8) is 0 Å². The number of nitrogens with one attached hydrogen (secondary N) is 12. The minimum absolute atomic E-state index is 0.0390. The molecular formula is C53H91N17O13. The van der Waals surface area contributed by atoms with E-state index in [-0.39, 0.29) is 89.6 Å². The minimum atomic E-state index is -2.70. The normalized spacial score (nSPS) is 24.6. The van der Waals surface area contributed by atoms with Crippen LogP contribution in [0.3, 0.4) is 0 Å². The highest BCUT2D eigenvalue weighted by Crippen LogP contribution is 2.17. The number of rotatable bonds is 23. The first-order valence-corrected chi connectivity index (χ1v) is 28.4. The van der Waals surface area contributed by atoms with E-state index in [0.29, 0.717) is 5.56 Å². The standard InChI is InChI=1S/C53H91N17O13/c1-29(2)27-39-47(77)62-33(15-21-54)42(72)63-37(19-25-58)49(79)70-53(4,83)51(81)59-26-20-38(45(75)61-34(16-22-55)44(74)67-40(48(78)66-39)28-31-11-7-5-8-12-31)64-43(73)35(17-23-56)65-50(80)41(30(3)71)69-46(76)36(18-24-57)68-52(82)60-32-13-9-6-10-14-32/h5,7-8,11-12,29-30,32-41,71,83H,6,9-10,13-28,54-58H2,1-4H3,(H,59,81)(H,61,75)(H,62,77)(H,63,72)(H,64,73)(H,65,80)(H,66,78)(H,67,74)(H,69,76)(H,70,79)(H2,60,68,82)/t30-,33+,34+,35+,36+,37+,38+,39+,40-,41+,53+/m1/s1. The maximum atomic E-state index is 14.5. The van der Waals surface area contributed by atoms with Crippen molar-refractivity contribution in [1.29, 1.82) is 0 Å². The molecule has 0 radical (unpaired) electrons. The Labute approximate surface area is 483 Å². The summed E-state index contributed by atoms with van der Waals surface area (Å²) in [6.45, 7) is 4.37. The van der Waals surface area contributed by atoms with Crippen LogP contribution in [0, 0.1) is 5.92 Å². The molecule has 2 fully saturated rings. The van der Waals surface area contributed by atoms with Gasteiger partial charge in [0.25, 0.3) is 5.91 Å². The quantitative estimate of drug-likeness (QED) is 0.0485. The lowest BCUT2D eigenvalue weighted by atomic mass is 9.96. The summed E-state index contributed by atoms with van der Waals surface area (Å²) in [7, 11) is 0. The van der Waals surface area contributed by atoms with Gasteiger partial charge in [-0.15, -0.1) is 0 Å². The van der Waals surface area contributed by atoms with Gasteiger partial charge < -0.3 is 103 Å². The topological polar surface area (TPSA) is 503 Å². The Morgan fingerprint density at radius 2 is 1.08 bits per heavy atom. The number of carbonyl (C=O) groups excluding carboxylic acids is 11. The Morgan fingerprint density at radius 3 is 1.61 bits per heavy atom. The van der Waals surface area contributed by atoms with E-state index in [4.69, 9.17) is 28.7 Å². The fraction of sp³-hybridized carbons (Fsp3) is 0.679. The Morgan fingerprint density at radius 1 is 0.590 bits per heavy atom. The number of hydrogen-bond acceptors (Lipinski definition) is 18. The van der Waals surface area contributed by atoms with Gasteiger partial charge in [-0.05, 0) is 116 Å². The molecule has 30 nitrogen and oxygen atoms in total. The van der Waals surface area contributed by atoms with Crippen LogP contribution in [0.2, 0.25) is 0 Å². The molecule has 24 N–H and O–H groups in total. The van der Waals surface area contributed by atoms with Gasteiger partial charge in [0.1, 0.15) is 54.4 Å². The van der Waals surface area contributed by atoms with E-state index in [1.807, 2.05) is 0 Å². The molecule has 0 bridgehead atoms. The fourth-order valence-corrected chi connectivity index (χ4v) is 9.28. The lowest BCUT2D eigenvalue weighted by Gasteiger charge is -2.29. The average molecular weight is 1170 g/mol. The van der Waals surface area contributed by atoms with Gasteiger partial charge in [-0.2, -0.15) is 0 Å². The second-order valence-corrected chi connectivity index (χ2v) is 21.5. The molecule has 30 heteroatoms. The summed E-state index contributed by atoms with van der Waals surface area (Å²) in [4.78, 5) is 153. The van der Waals surface area contributed by atoms with Gasteiger partial charge >= 0.3 is 6.03 Å². The number of nitrogens with two attached hydrogens (primary N) is 5. The third kappa shape index (κ3) is 24.0. The van der Waals surface area contributed by atoms with Crippen molar-refractivity contribution in [3.05, 3.63) is 35.9 Å². The Hall–Kier alpha value is -7.09. The Bertz CT molecular complexity index is 2320. The minimum Gasteiger partial charge on any atom is -0.391 e. The molecule has 1 saturated heterocycles. The van der Waals surface area contributed by atoms with Crippen LogP contribution in [0.15, 0.2) is 30.3 Å². The lowest BCUT2D eigenvalue weighted by Crippen LogP contribution is -2.63. The van der Waals surface area contributed by atoms with Crippen LogP contribution < -0.4 is 92.5 Å². The third-order valence-electron chi connectivity index (χ3n) is 13.8. The predicted molar refractivity (Wildman–Crippen MR) is 304 cm³/mol. The van der Waals surface area contributed by atoms with E-state index in [0.717, 1.165) is 39.0 Å². The molecule has 11 atom stereocenters. The van der Waals surface area contributed by atoms with Crippen LogP contribution in [0.1, 0.15) is 110 Å². The van der Waals surface area contributed by atoms with Crippen molar-refractivity contribution in [2.24, 2.45) is 34.6 Å². The van der Waals surface area contributed by atoms with Crippen LogP contribution in [-0.4, -0.2) is 187 Å². The van der Waals surface area contributed by atoms with E-state index >= 15 is 0 Å². The lowest BCUT2D eigenvalue weighted by molar-refractivity contribution is -0.148. The highest BCUT2D eigenvalue weighted by molar-refractivity contribution is 5.99. The van der Waals surface area contributed by atoms with E-state index in [1.54, 1.807) is 44.2 Å². The number of benzene rings is 1. The van der Waals surface area contributed by atoms with E-state index in [9.17, 15) is 63.0 Å². The number of urea groups is 1. The number of aliphatic hydroxyl groups is 2. The van der Waals surface area contributed by atoms with E-state index in [2.05, 4.69) is 63.8 Å². The molecule has 1 aliphatic heterocycles. The average Bonchev–Trinajstić information content (AvgIpc) is 3.61. The molecule has 466 valence electrons. The fourth-order valence-electron chi connectivity index (χ4n) is 9.28. The third-order valence-corrected chi connectivity index (χ3v) is 13.8. The summed E-state index contributed by atoms with van der Waals surface area (Å²) in [5, 5.41) is 52.4.